The first kappa shape index (κ1) is 31.1. The van der Waals surface area contributed by atoms with Crippen molar-refractivity contribution in [3.05, 3.63) is 70.8 Å². The summed E-state index contributed by atoms with van der Waals surface area (Å²) in [7, 11) is 0. The lowest BCUT2D eigenvalue weighted by molar-refractivity contribution is -0.152. The van der Waals surface area contributed by atoms with E-state index >= 15 is 0 Å². The second-order valence-corrected chi connectivity index (χ2v) is 12.3. The van der Waals surface area contributed by atoms with Crippen LogP contribution in [0.1, 0.15) is 55.9 Å². The van der Waals surface area contributed by atoms with Crippen LogP contribution in [0.4, 0.5) is 0 Å². The Morgan fingerprint density at radius 2 is 0.950 bits per heavy atom. The molecule has 2 aliphatic rings. The van der Waals surface area contributed by atoms with Gasteiger partial charge in [0.2, 0.25) is 0 Å². The highest BCUT2D eigenvalue weighted by Crippen LogP contribution is 2.32. The summed E-state index contributed by atoms with van der Waals surface area (Å²) < 4.78 is 34.6. The molecule has 0 saturated carbocycles. The molecular formula is C33H48O7. The van der Waals surface area contributed by atoms with Gasteiger partial charge in [0.1, 0.15) is 0 Å². The van der Waals surface area contributed by atoms with E-state index in [9.17, 15) is 5.11 Å². The molecule has 0 radical (unpaired) electrons. The number of aliphatic hydroxyl groups excluding tert-OH is 1. The van der Waals surface area contributed by atoms with Gasteiger partial charge in [0.25, 0.3) is 0 Å². The standard InChI is InChI=1S/C33H48O7/c1-4-32(23-39-24-32)21-37-16-29-10-6-27(7-11-29)14-35-19-31(3,18-34)20-36-15-28-8-12-30(13-9-28)17-38-22-33(5-2)25-40-26-33/h6-13,34H,4-5,14-26H2,1-3H3. The molecule has 0 bridgehead atoms. The lowest BCUT2D eigenvalue weighted by atomic mass is 9.84. The maximum absolute atomic E-state index is 10.0. The molecule has 4 rings (SSSR count). The van der Waals surface area contributed by atoms with Crippen molar-refractivity contribution in [2.75, 3.05) is 59.5 Å². The van der Waals surface area contributed by atoms with Crippen LogP contribution in [0, 0.1) is 16.2 Å². The van der Waals surface area contributed by atoms with Crippen LogP contribution in [0.2, 0.25) is 0 Å². The first-order valence-corrected chi connectivity index (χ1v) is 14.6. The topological polar surface area (TPSA) is 75.6 Å². The van der Waals surface area contributed by atoms with Gasteiger partial charge in [-0.15, -0.1) is 0 Å². The van der Waals surface area contributed by atoms with Crippen molar-refractivity contribution in [2.45, 2.75) is 60.0 Å². The fourth-order valence-corrected chi connectivity index (χ4v) is 4.76. The van der Waals surface area contributed by atoms with Crippen LogP contribution < -0.4 is 0 Å². The Kier molecular flexibility index (Phi) is 11.6. The van der Waals surface area contributed by atoms with E-state index in [4.69, 9.17) is 28.4 Å². The monoisotopic (exact) mass is 556 g/mol. The predicted octanol–water partition coefficient (Wildman–Crippen LogP) is 5.31. The third kappa shape index (κ3) is 8.83. The summed E-state index contributed by atoms with van der Waals surface area (Å²) in [6.45, 7) is 14.1. The van der Waals surface area contributed by atoms with Gasteiger partial charge in [-0.25, -0.2) is 0 Å². The number of benzene rings is 2. The smallest absolute Gasteiger partial charge is 0.0717 e. The van der Waals surface area contributed by atoms with E-state index in [1.807, 2.05) is 6.92 Å². The fourth-order valence-electron chi connectivity index (χ4n) is 4.76. The second-order valence-electron chi connectivity index (χ2n) is 12.3. The Balaban J connectivity index is 1.10. The van der Waals surface area contributed by atoms with Crippen LogP contribution in [0.15, 0.2) is 48.5 Å². The van der Waals surface area contributed by atoms with E-state index in [-0.39, 0.29) is 17.4 Å². The van der Waals surface area contributed by atoms with Gasteiger partial charge in [0, 0.05) is 16.2 Å². The Hall–Kier alpha value is -1.84. The number of rotatable bonds is 19. The zero-order valence-corrected chi connectivity index (χ0v) is 24.6. The molecule has 2 fully saturated rings. The van der Waals surface area contributed by atoms with Crippen LogP contribution in [0.5, 0.6) is 0 Å². The van der Waals surface area contributed by atoms with E-state index in [1.54, 1.807) is 0 Å². The van der Waals surface area contributed by atoms with E-state index in [2.05, 4.69) is 62.4 Å². The number of hydrogen-bond donors (Lipinski definition) is 1. The highest BCUT2D eigenvalue weighted by atomic mass is 16.5. The highest BCUT2D eigenvalue weighted by Gasteiger charge is 2.37. The van der Waals surface area contributed by atoms with Gasteiger partial charge in [-0.1, -0.05) is 69.3 Å². The molecule has 0 amide bonds. The Bertz CT molecular complexity index is 908. The first-order chi connectivity index (χ1) is 19.4. The molecule has 0 atom stereocenters. The van der Waals surface area contributed by atoms with Crippen LogP contribution in [0.25, 0.3) is 0 Å². The summed E-state index contributed by atoms with van der Waals surface area (Å²) in [6.07, 6.45) is 2.17. The lowest BCUT2D eigenvalue weighted by Gasteiger charge is -2.40. The Morgan fingerprint density at radius 1 is 0.625 bits per heavy atom. The Labute approximate surface area is 240 Å². The van der Waals surface area contributed by atoms with E-state index in [1.165, 1.54) is 0 Å². The third-order valence-electron chi connectivity index (χ3n) is 8.35. The lowest BCUT2D eigenvalue weighted by Crippen LogP contribution is -2.45. The maximum Gasteiger partial charge on any atom is 0.0717 e. The summed E-state index contributed by atoms with van der Waals surface area (Å²) in [4.78, 5) is 0. The molecular weight excluding hydrogens is 508 g/mol. The summed E-state index contributed by atoms with van der Waals surface area (Å²) >= 11 is 0. The van der Waals surface area contributed by atoms with Crippen LogP contribution in [0.3, 0.4) is 0 Å². The zero-order chi connectivity index (χ0) is 28.3. The van der Waals surface area contributed by atoms with Crippen molar-refractivity contribution in [3.63, 3.8) is 0 Å². The van der Waals surface area contributed by atoms with Crippen LogP contribution in [-0.2, 0) is 54.8 Å². The van der Waals surface area contributed by atoms with E-state index in [0.29, 0.717) is 39.6 Å². The molecule has 0 spiro atoms. The molecule has 0 aromatic heterocycles. The van der Waals surface area contributed by atoms with Gasteiger partial charge in [0.05, 0.1) is 85.9 Å². The van der Waals surface area contributed by atoms with Gasteiger partial charge < -0.3 is 33.5 Å². The molecule has 1 N–H and O–H groups in total. The summed E-state index contributed by atoms with van der Waals surface area (Å²) in [6, 6.07) is 16.7. The quantitative estimate of drug-likeness (QED) is 0.252. The van der Waals surface area contributed by atoms with Crippen molar-refractivity contribution >= 4 is 0 Å². The fraction of sp³-hybridized carbons (Fsp3) is 0.636. The van der Waals surface area contributed by atoms with Crippen molar-refractivity contribution in [1.82, 2.24) is 0 Å². The van der Waals surface area contributed by atoms with E-state index in [0.717, 1.165) is 74.7 Å². The summed E-state index contributed by atoms with van der Waals surface area (Å²) in [5.41, 5.74) is 4.44. The molecule has 2 saturated heterocycles. The minimum absolute atomic E-state index is 0.00582. The van der Waals surface area contributed by atoms with Crippen molar-refractivity contribution in [2.24, 2.45) is 16.2 Å². The zero-order valence-electron chi connectivity index (χ0n) is 24.6. The van der Waals surface area contributed by atoms with E-state index < -0.39 is 5.41 Å². The predicted molar refractivity (Wildman–Crippen MR) is 154 cm³/mol. The second kappa shape index (κ2) is 14.9. The molecule has 2 aromatic carbocycles. The minimum atomic E-state index is -0.470. The van der Waals surface area contributed by atoms with Gasteiger partial charge >= 0.3 is 0 Å². The highest BCUT2D eigenvalue weighted by molar-refractivity contribution is 5.22. The minimum Gasteiger partial charge on any atom is -0.396 e. The molecule has 40 heavy (non-hydrogen) atoms. The van der Waals surface area contributed by atoms with Crippen LogP contribution >= 0.6 is 0 Å². The SMILES string of the molecule is CCC1(COCc2ccc(COCC(C)(CO)COCc3ccc(COCC4(CC)COC4)cc3)cc2)COC1. The summed E-state index contributed by atoms with van der Waals surface area (Å²) in [5, 5.41) is 10.0. The van der Waals surface area contributed by atoms with Gasteiger partial charge in [-0.3, -0.25) is 0 Å². The molecule has 0 unspecified atom stereocenters. The molecule has 7 nitrogen and oxygen atoms in total. The molecule has 2 aromatic rings. The number of hydrogen-bond acceptors (Lipinski definition) is 7. The van der Waals surface area contributed by atoms with Gasteiger partial charge in [-0.05, 0) is 35.1 Å². The maximum atomic E-state index is 10.0. The molecule has 2 heterocycles. The van der Waals surface area contributed by atoms with Crippen LogP contribution in [-0.4, -0.2) is 64.6 Å². The van der Waals surface area contributed by atoms with Crippen molar-refractivity contribution in [1.29, 1.82) is 0 Å². The molecule has 2 aliphatic heterocycles. The Morgan fingerprint density at radius 3 is 1.20 bits per heavy atom. The summed E-state index contributed by atoms with van der Waals surface area (Å²) in [5.74, 6) is 0. The average molecular weight is 557 g/mol. The van der Waals surface area contributed by atoms with Gasteiger partial charge in [-0.2, -0.15) is 0 Å². The number of ether oxygens (including phenoxy) is 6. The molecule has 222 valence electrons. The average Bonchev–Trinajstić information content (AvgIpc) is 2.93. The largest absolute Gasteiger partial charge is 0.396 e. The van der Waals surface area contributed by atoms with Crippen molar-refractivity contribution < 1.29 is 33.5 Å². The molecule has 7 heteroatoms. The number of aliphatic hydroxyl groups is 1. The normalized spacial score (nSPS) is 17.8. The third-order valence-corrected chi connectivity index (χ3v) is 8.35. The van der Waals surface area contributed by atoms with Gasteiger partial charge in [0.15, 0.2) is 0 Å². The van der Waals surface area contributed by atoms with Crippen molar-refractivity contribution in [3.8, 4) is 0 Å². The molecule has 0 aliphatic carbocycles. The first-order valence-electron chi connectivity index (χ1n) is 14.6.